The summed E-state index contributed by atoms with van der Waals surface area (Å²) < 4.78 is 2.69. The molecule has 0 bridgehead atoms. The highest BCUT2D eigenvalue weighted by atomic mass is 32.1. The fourth-order valence-corrected chi connectivity index (χ4v) is 6.57. The molecule has 0 N–H and O–H groups in total. The summed E-state index contributed by atoms with van der Waals surface area (Å²) in [4.78, 5) is 9.60. The first kappa shape index (κ1) is 20.6. The fourth-order valence-electron chi connectivity index (χ4n) is 5.45. The molecule has 2 nitrogen and oxygen atoms in total. The number of benzene rings is 5. The fraction of sp³-hybridized carbons (Fsp3) is 0. The van der Waals surface area contributed by atoms with Gasteiger partial charge in [-0.15, -0.1) is 11.3 Å². The van der Waals surface area contributed by atoms with Crippen molar-refractivity contribution in [2.24, 2.45) is 0 Å². The quantitative estimate of drug-likeness (QED) is 0.226. The van der Waals surface area contributed by atoms with Crippen molar-refractivity contribution in [3.05, 3.63) is 121 Å². The van der Waals surface area contributed by atoms with E-state index in [9.17, 15) is 0 Å². The summed E-state index contributed by atoms with van der Waals surface area (Å²) in [6, 6.07) is 41.3. The van der Waals surface area contributed by atoms with E-state index in [-0.39, 0.29) is 0 Å². The maximum absolute atomic E-state index is 5.00. The van der Waals surface area contributed by atoms with E-state index >= 15 is 0 Å². The molecule has 0 fully saturated rings. The summed E-state index contributed by atoms with van der Waals surface area (Å²) in [5.41, 5.74) is 6.38. The van der Waals surface area contributed by atoms with E-state index in [4.69, 9.17) is 4.98 Å². The van der Waals surface area contributed by atoms with Gasteiger partial charge in [0.05, 0.1) is 16.7 Å². The highest BCUT2D eigenvalue weighted by molar-refractivity contribution is 7.26. The zero-order valence-corrected chi connectivity index (χ0v) is 20.7. The SMILES string of the molecule is c1cnc2c(c1)ccc1ccc(-c3ccc(-c4ccc5c(ccc6sc7ccccc7c65)c4)cc3)nc12. The molecule has 0 aliphatic heterocycles. The third kappa shape index (κ3) is 3.25. The van der Waals surface area contributed by atoms with Gasteiger partial charge in [-0.05, 0) is 52.2 Å². The van der Waals surface area contributed by atoms with Gasteiger partial charge >= 0.3 is 0 Å². The van der Waals surface area contributed by atoms with Crippen LogP contribution in [0.4, 0.5) is 0 Å². The molecular weight excluding hydrogens is 468 g/mol. The lowest BCUT2D eigenvalue weighted by atomic mass is 9.97. The smallest absolute Gasteiger partial charge is 0.0972 e. The van der Waals surface area contributed by atoms with Gasteiger partial charge in [-0.25, -0.2) is 4.98 Å². The Kier molecular flexibility index (Phi) is 4.42. The first-order valence-electron chi connectivity index (χ1n) is 12.4. The van der Waals surface area contributed by atoms with Crippen molar-refractivity contribution in [3.8, 4) is 22.4 Å². The topological polar surface area (TPSA) is 25.8 Å². The predicted octanol–water partition coefficient (Wildman–Crippen LogP) is 9.64. The first-order valence-corrected chi connectivity index (χ1v) is 13.2. The molecule has 0 aliphatic carbocycles. The Labute approximate surface area is 217 Å². The second-order valence-electron chi connectivity index (χ2n) is 9.46. The van der Waals surface area contributed by atoms with Crippen molar-refractivity contribution in [1.82, 2.24) is 9.97 Å². The van der Waals surface area contributed by atoms with Crippen molar-refractivity contribution >= 4 is 64.1 Å². The van der Waals surface area contributed by atoms with Crippen molar-refractivity contribution in [2.45, 2.75) is 0 Å². The van der Waals surface area contributed by atoms with Crippen LogP contribution in [0, 0.1) is 0 Å². The first-order chi connectivity index (χ1) is 18.3. The normalized spacial score (nSPS) is 11.8. The molecule has 0 amide bonds. The van der Waals surface area contributed by atoms with Crippen LogP contribution in [-0.4, -0.2) is 9.97 Å². The molecule has 0 saturated heterocycles. The van der Waals surface area contributed by atoms with Crippen molar-refractivity contribution in [2.75, 3.05) is 0 Å². The number of aromatic nitrogens is 2. The Bertz CT molecular complexity index is 2140. The molecule has 0 spiro atoms. The largest absolute Gasteiger partial charge is 0.254 e. The minimum absolute atomic E-state index is 0.946. The summed E-state index contributed by atoms with van der Waals surface area (Å²) in [5.74, 6) is 0. The molecule has 0 atom stereocenters. The van der Waals surface area contributed by atoms with Crippen LogP contribution in [-0.2, 0) is 0 Å². The van der Waals surface area contributed by atoms with Gasteiger partial charge in [0.15, 0.2) is 0 Å². The molecule has 0 aliphatic rings. The summed E-state index contributed by atoms with van der Waals surface area (Å²) >= 11 is 1.87. The summed E-state index contributed by atoms with van der Waals surface area (Å²) in [7, 11) is 0. The van der Waals surface area contributed by atoms with E-state index in [1.807, 2.05) is 23.6 Å². The van der Waals surface area contributed by atoms with Gasteiger partial charge in [-0.3, -0.25) is 4.98 Å². The van der Waals surface area contributed by atoms with Crippen LogP contribution in [0.15, 0.2) is 121 Å². The number of fused-ring (bicyclic) bond motifs is 8. The number of thiophene rings is 1. The zero-order chi connectivity index (χ0) is 24.3. The van der Waals surface area contributed by atoms with Crippen LogP contribution in [0.2, 0.25) is 0 Å². The average molecular weight is 489 g/mol. The molecular formula is C34H20N2S. The summed E-state index contributed by atoms with van der Waals surface area (Å²) in [6.45, 7) is 0. The Hall–Kier alpha value is -4.60. The monoisotopic (exact) mass is 488 g/mol. The molecule has 0 radical (unpaired) electrons. The van der Waals surface area contributed by atoms with Gasteiger partial charge in [0.1, 0.15) is 0 Å². The lowest BCUT2D eigenvalue weighted by Crippen LogP contribution is -1.89. The van der Waals surface area contributed by atoms with Crippen molar-refractivity contribution in [1.29, 1.82) is 0 Å². The van der Waals surface area contributed by atoms with Gasteiger partial charge in [-0.2, -0.15) is 0 Å². The van der Waals surface area contributed by atoms with E-state index in [0.29, 0.717) is 0 Å². The van der Waals surface area contributed by atoms with Crippen LogP contribution in [0.25, 0.3) is 75.1 Å². The molecule has 3 heterocycles. The van der Waals surface area contributed by atoms with E-state index in [0.717, 1.165) is 33.1 Å². The maximum atomic E-state index is 5.00. The molecule has 3 heteroatoms. The van der Waals surface area contributed by atoms with Gasteiger partial charge in [-0.1, -0.05) is 84.9 Å². The Morgan fingerprint density at radius 1 is 0.486 bits per heavy atom. The minimum atomic E-state index is 0.946. The number of hydrogen-bond acceptors (Lipinski definition) is 3. The maximum Gasteiger partial charge on any atom is 0.0972 e. The average Bonchev–Trinajstić information content (AvgIpc) is 3.36. The van der Waals surface area contributed by atoms with Crippen LogP contribution in [0.1, 0.15) is 0 Å². The molecule has 37 heavy (non-hydrogen) atoms. The Morgan fingerprint density at radius 2 is 1.24 bits per heavy atom. The summed E-state index contributed by atoms with van der Waals surface area (Å²) in [5, 5.41) is 7.51. The highest BCUT2D eigenvalue weighted by Gasteiger charge is 2.10. The zero-order valence-electron chi connectivity index (χ0n) is 19.8. The molecule has 0 unspecified atom stereocenters. The van der Waals surface area contributed by atoms with Crippen LogP contribution in [0.5, 0.6) is 0 Å². The highest BCUT2D eigenvalue weighted by Crippen LogP contribution is 2.39. The Morgan fingerprint density at radius 3 is 2.16 bits per heavy atom. The van der Waals surface area contributed by atoms with Gasteiger partial charge < -0.3 is 0 Å². The van der Waals surface area contributed by atoms with E-state index in [1.165, 1.54) is 42.1 Å². The molecule has 172 valence electrons. The number of rotatable bonds is 2. The second-order valence-corrected chi connectivity index (χ2v) is 10.5. The second kappa shape index (κ2) is 7.95. The van der Waals surface area contributed by atoms with Crippen LogP contribution >= 0.6 is 11.3 Å². The number of hydrogen-bond donors (Lipinski definition) is 0. The van der Waals surface area contributed by atoms with Crippen molar-refractivity contribution in [3.63, 3.8) is 0 Å². The lowest BCUT2D eigenvalue weighted by Gasteiger charge is -2.08. The van der Waals surface area contributed by atoms with Crippen molar-refractivity contribution < 1.29 is 0 Å². The van der Waals surface area contributed by atoms with E-state index < -0.39 is 0 Å². The van der Waals surface area contributed by atoms with E-state index in [1.54, 1.807) is 0 Å². The van der Waals surface area contributed by atoms with Gasteiger partial charge in [0.2, 0.25) is 0 Å². The number of pyridine rings is 2. The molecule has 8 rings (SSSR count). The third-order valence-electron chi connectivity index (χ3n) is 7.30. The molecule has 0 saturated carbocycles. The Balaban J connectivity index is 1.20. The predicted molar refractivity (Wildman–Crippen MR) is 158 cm³/mol. The summed E-state index contributed by atoms with van der Waals surface area (Å²) in [6.07, 6.45) is 1.83. The van der Waals surface area contributed by atoms with E-state index in [2.05, 4.69) is 114 Å². The third-order valence-corrected chi connectivity index (χ3v) is 8.44. The minimum Gasteiger partial charge on any atom is -0.254 e. The lowest BCUT2D eigenvalue weighted by molar-refractivity contribution is 1.37. The molecule has 3 aromatic heterocycles. The van der Waals surface area contributed by atoms with Crippen LogP contribution in [0.3, 0.4) is 0 Å². The number of nitrogens with zero attached hydrogens (tertiary/aromatic N) is 2. The van der Waals surface area contributed by atoms with Gasteiger partial charge in [0.25, 0.3) is 0 Å². The van der Waals surface area contributed by atoms with Crippen LogP contribution < -0.4 is 0 Å². The molecule has 8 aromatic rings. The standard InChI is InChI=1S/C34H20N2S/c1-2-6-30-28(5-1)32-27-16-13-25(20-26(27)15-18-31(32)37-30)21-7-9-22(10-8-21)29-17-14-24-12-11-23-4-3-19-35-33(23)34(24)36-29/h1-20H. The molecule has 5 aromatic carbocycles. The van der Waals surface area contributed by atoms with Gasteiger partial charge in [0, 0.05) is 42.7 Å².